The molecule has 58 valence electrons. The second-order valence-electron chi connectivity index (χ2n) is 2.34. The topological polar surface area (TPSA) is 29.1 Å². The summed E-state index contributed by atoms with van der Waals surface area (Å²) < 4.78 is 35.6. The van der Waals surface area contributed by atoms with Crippen molar-refractivity contribution in [2.45, 2.75) is 24.6 Å². The fraction of sp³-hybridized carbons (Fsp3) is 0.800. The first-order valence-corrected chi connectivity index (χ1v) is 2.80. The third kappa shape index (κ3) is 0.955. The molecule has 0 aliphatic heterocycles. The summed E-state index contributed by atoms with van der Waals surface area (Å²) in [5, 5.41) is 1.77. The predicted molar refractivity (Wildman–Crippen MR) is 27.2 cm³/mol. The van der Waals surface area contributed by atoms with Crippen LogP contribution in [0, 0.1) is 0 Å². The van der Waals surface area contributed by atoms with Crippen molar-refractivity contribution in [1.82, 2.24) is 5.32 Å². The molecular weight excluding hydrogens is 147 g/mol. The highest BCUT2D eigenvalue weighted by atomic mass is 19.4. The Bertz CT molecular complexity index is 149. The fourth-order valence-corrected chi connectivity index (χ4v) is 0.747. The molecule has 1 saturated carbocycles. The van der Waals surface area contributed by atoms with Crippen molar-refractivity contribution in [2.24, 2.45) is 0 Å². The van der Waals surface area contributed by atoms with E-state index in [9.17, 15) is 18.0 Å². The quantitative estimate of drug-likeness (QED) is 0.585. The maximum Gasteiger partial charge on any atom is 0.411 e. The van der Waals surface area contributed by atoms with E-state index >= 15 is 0 Å². The van der Waals surface area contributed by atoms with Gasteiger partial charge in [-0.05, 0) is 12.8 Å². The molecule has 0 unspecified atom stereocenters. The van der Waals surface area contributed by atoms with E-state index in [0.717, 1.165) is 0 Å². The lowest BCUT2D eigenvalue weighted by Crippen LogP contribution is -2.44. The fourth-order valence-electron chi connectivity index (χ4n) is 0.747. The Morgan fingerprint density at radius 2 is 1.90 bits per heavy atom. The lowest BCUT2D eigenvalue weighted by Gasteiger charge is -2.17. The minimum atomic E-state index is -4.28. The van der Waals surface area contributed by atoms with Crippen molar-refractivity contribution in [3.05, 3.63) is 0 Å². The first-order valence-electron chi connectivity index (χ1n) is 2.80. The minimum absolute atomic E-state index is 0.00917. The summed E-state index contributed by atoms with van der Waals surface area (Å²) in [4.78, 5) is 9.70. The van der Waals surface area contributed by atoms with Gasteiger partial charge >= 0.3 is 6.18 Å². The van der Waals surface area contributed by atoms with Crippen molar-refractivity contribution in [3.63, 3.8) is 0 Å². The Morgan fingerprint density at radius 3 is 2.00 bits per heavy atom. The normalized spacial score (nSPS) is 21.9. The molecule has 5 heteroatoms. The molecule has 1 aliphatic carbocycles. The van der Waals surface area contributed by atoms with Crippen molar-refractivity contribution in [3.8, 4) is 0 Å². The van der Waals surface area contributed by atoms with Crippen LogP contribution in [0.1, 0.15) is 12.8 Å². The number of carbonyl (C=O) groups excluding carboxylic acids is 1. The minimum Gasteiger partial charge on any atom is -0.345 e. The summed E-state index contributed by atoms with van der Waals surface area (Å²) in [6, 6.07) is 0. The highest BCUT2D eigenvalue weighted by molar-refractivity contribution is 5.49. The molecular formula is C5H6F3NO. The largest absolute Gasteiger partial charge is 0.411 e. The summed E-state index contributed by atoms with van der Waals surface area (Å²) in [5.74, 6) is 0. The molecule has 0 saturated heterocycles. The lowest BCUT2D eigenvalue weighted by atomic mass is 10.3. The van der Waals surface area contributed by atoms with E-state index in [1.807, 2.05) is 0 Å². The summed E-state index contributed by atoms with van der Waals surface area (Å²) in [6.45, 7) is 0. The molecule has 0 radical (unpaired) electrons. The summed E-state index contributed by atoms with van der Waals surface area (Å²) >= 11 is 0. The third-order valence-electron chi connectivity index (χ3n) is 1.63. The van der Waals surface area contributed by atoms with Gasteiger partial charge in [-0.1, -0.05) is 0 Å². The molecule has 0 aromatic rings. The Hall–Kier alpha value is -0.740. The molecule has 0 aromatic heterocycles. The predicted octanol–water partition coefficient (Wildman–Crippen LogP) is 0.827. The zero-order valence-electron chi connectivity index (χ0n) is 5.03. The maximum absolute atomic E-state index is 11.9. The smallest absolute Gasteiger partial charge is 0.345 e. The van der Waals surface area contributed by atoms with E-state index in [1.165, 1.54) is 0 Å². The van der Waals surface area contributed by atoms with Crippen LogP contribution in [0.4, 0.5) is 13.2 Å². The highest BCUT2D eigenvalue weighted by Crippen LogP contribution is 2.48. The molecule has 0 spiro atoms. The second-order valence-corrected chi connectivity index (χ2v) is 2.34. The van der Waals surface area contributed by atoms with E-state index in [2.05, 4.69) is 0 Å². The van der Waals surface area contributed by atoms with Gasteiger partial charge in [0, 0.05) is 0 Å². The standard InChI is InChI=1S/C5H6F3NO/c6-5(7,8)4(1-2-4)9-3-10/h3H,1-2H2,(H,9,10). The van der Waals surface area contributed by atoms with Gasteiger partial charge in [0.2, 0.25) is 6.41 Å². The van der Waals surface area contributed by atoms with Crippen LogP contribution in [0.5, 0.6) is 0 Å². The van der Waals surface area contributed by atoms with Crippen molar-refractivity contribution >= 4 is 6.41 Å². The summed E-state index contributed by atoms with van der Waals surface area (Å²) in [7, 11) is 0. The van der Waals surface area contributed by atoms with Crippen LogP contribution in [0.2, 0.25) is 0 Å². The summed E-state index contributed by atoms with van der Waals surface area (Å²) in [6.07, 6.45) is -4.17. The molecule has 0 atom stereocenters. The zero-order chi connectivity index (χ0) is 7.83. The van der Waals surface area contributed by atoms with Crippen LogP contribution in [-0.2, 0) is 4.79 Å². The number of carbonyl (C=O) groups is 1. The third-order valence-corrected chi connectivity index (χ3v) is 1.63. The number of alkyl halides is 3. The van der Waals surface area contributed by atoms with Gasteiger partial charge in [0.1, 0.15) is 5.54 Å². The average Bonchev–Trinajstić information content (AvgIpc) is 2.45. The van der Waals surface area contributed by atoms with Crippen molar-refractivity contribution in [2.75, 3.05) is 0 Å². The molecule has 1 N–H and O–H groups in total. The molecule has 0 aromatic carbocycles. The van der Waals surface area contributed by atoms with E-state index in [0.29, 0.717) is 0 Å². The molecule has 0 bridgehead atoms. The van der Waals surface area contributed by atoms with E-state index in [1.54, 1.807) is 5.32 Å². The number of halogens is 3. The van der Waals surface area contributed by atoms with Gasteiger partial charge < -0.3 is 5.32 Å². The molecule has 2 nitrogen and oxygen atoms in total. The molecule has 10 heavy (non-hydrogen) atoms. The number of hydrogen-bond acceptors (Lipinski definition) is 1. The van der Waals surface area contributed by atoms with Crippen LogP contribution >= 0.6 is 0 Å². The highest BCUT2D eigenvalue weighted by Gasteiger charge is 2.63. The van der Waals surface area contributed by atoms with Gasteiger partial charge in [-0.3, -0.25) is 4.79 Å². The van der Waals surface area contributed by atoms with Gasteiger partial charge in [0.25, 0.3) is 0 Å². The Balaban J connectivity index is 2.60. The number of hydrogen-bond donors (Lipinski definition) is 1. The lowest BCUT2D eigenvalue weighted by molar-refractivity contribution is -0.167. The van der Waals surface area contributed by atoms with Crippen LogP contribution in [0.15, 0.2) is 0 Å². The van der Waals surface area contributed by atoms with E-state index < -0.39 is 11.7 Å². The zero-order valence-corrected chi connectivity index (χ0v) is 5.03. The van der Waals surface area contributed by atoms with Gasteiger partial charge in [0.05, 0.1) is 0 Å². The monoisotopic (exact) mass is 153 g/mol. The number of nitrogens with one attached hydrogen (secondary N) is 1. The molecule has 1 rings (SSSR count). The first kappa shape index (κ1) is 7.37. The molecule has 1 amide bonds. The summed E-state index contributed by atoms with van der Waals surface area (Å²) in [5.41, 5.74) is -1.88. The van der Waals surface area contributed by atoms with Crippen molar-refractivity contribution in [1.29, 1.82) is 0 Å². The van der Waals surface area contributed by atoms with E-state index in [4.69, 9.17) is 0 Å². The first-order chi connectivity index (χ1) is 4.52. The van der Waals surface area contributed by atoms with Gasteiger partial charge in [-0.2, -0.15) is 13.2 Å². The Labute approximate surface area is 55.4 Å². The van der Waals surface area contributed by atoms with Gasteiger partial charge in [-0.25, -0.2) is 0 Å². The second kappa shape index (κ2) is 1.87. The molecule has 1 fully saturated rings. The SMILES string of the molecule is O=CNC1(C(F)(F)F)CC1. The van der Waals surface area contributed by atoms with Crippen LogP contribution in [0.3, 0.4) is 0 Å². The average molecular weight is 153 g/mol. The van der Waals surface area contributed by atoms with Crippen LogP contribution < -0.4 is 5.32 Å². The maximum atomic E-state index is 11.9. The van der Waals surface area contributed by atoms with E-state index in [-0.39, 0.29) is 19.3 Å². The van der Waals surface area contributed by atoms with Gasteiger partial charge in [0.15, 0.2) is 0 Å². The van der Waals surface area contributed by atoms with Crippen LogP contribution in [-0.4, -0.2) is 18.1 Å². The Kier molecular flexibility index (Phi) is 1.38. The Morgan fingerprint density at radius 1 is 1.40 bits per heavy atom. The van der Waals surface area contributed by atoms with Crippen molar-refractivity contribution < 1.29 is 18.0 Å². The van der Waals surface area contributed by atoms with Gasteiger partial charge in [-0.15, -0.1) is 0 Å². The molecule has 1 aliphatic rings. The molecule has 0 heterocycles. The number of rotatable bonds is 2. The van der Waals surface area contributed by atoms with Crippen LogP contribution in [0.25, 0.3) is 0 Å². The number of amides is 1.